The van der Waals surface area contributed by atoms with E-state index in [1.165, 1.54) is 0 Å². The summed E-state index contributed by atoms with van der Waals surface area (Å²) in [4.78, 5) is 13.3. The lowest BCUT2D eigenvalue weighted by Crippen LogP contribution is -1.98. The zero-order valence-electron chi connectivity index (χ0n) is 14.6. The van der Waals surface area contributed by atoms with Gasteiger partial charge in [0, 0.05) is 29.5 Å². The topological polar surface area (TPSA) is 78.3 Å². The van der Waals surface area contributed by atoms with Gasteiger partial charge in [0.05, 0.1) is 5.52 Å². The molecule has 0 saturated heterocycles. The molecule has 4 heterocycles. The summed E-state index contributed by atoms with van der Waals surface area (Å²) in [5.74, 6) is 1.41. The van der Waals surface area contributed by atoms with Gasteiger partial charge in [0.15, 0.2) is 0 Å². The molecule has 4 aromatic heterocycles. The second kappa shape index (κ2) is 6.73. The molecule has 0 unspecified atom stereocenters. The van der Waals surface area contributed by atoms with Crippen LogP contribution in [0.1, 0.15) is 0 Å². The minimum absolute atomic E-state index is 0.0349. The summed E-state index contributed by atoms with van der Waals surface area (Å²) in [7, 11) is 0. The van der Waals surface area contributed by atoms with E-state index in [1.807, 2.05) is 53.2 Å². The van der Waals surface area contributed by atoms with Crippen molar-refractivity contribution >= 4 is 16.6 Å². The van der Waals surface area contributed by atoms with E-state index < -0.39 is 6.67 Å². The summed E-state index contributed by atoms with van der Waals surface area (Å²) in [6, 6.07) is 12.9. The van der Waals surface area contributed by atoms with Crippen LogP contribution in [0, 0.1) is 0 Å². The van der Waals surface area contributed by atoms with Crippen LogP contribution in [-0.2, 0) is 0 Å². The third-order valence-electron chi connectivity index (χ3n) is 4.31. The van der Waals surface area contributed by atoms with Crippen molar-refractivity contribution in [3.63, 3.8) is 0 Å². The first-order valence-electron chi connectivity index (χ1n) is 8.67. The fourth-order valence-electron chi connectivity index (χ4n) is 2.96. The Hall–Kier alpha value is -3.81. The van der Waals surface area contributed by atoms with E-state index in [2.05, 4.69) is 20.1 Å². The fraction of sp³-hybridized carbons (Fsp3) is 0.100. The van der Waals surface area contributed by atoms with Crippen molar-refractivity contribution in [2.24, 2.45) is 0 Å². The number of nitrogens with zero attached hydrogens (tertiary/aromatic N) is 5. The number of hydrogen-bond donors (Lipinski definition) is 0. The zero-order valence-corrected chi connectivity index (χ0v) is 14.6. The van der Waals surface area contributed by atoms with Crippen LogP contribution in [0.2, 0.25) is 0 Å². The lowest BCUT2D eigenvalue weighted by molar-refractivity contribution is 0.273. The third-order valence-corrected chi connectivity index (χ3v) is 4.31. The van der Waals surface area contributed by atoms with Gasteiger partial charge < -0.3 is 13.7 Å². The Morgan fingerprint density at radius 2 is 2.00 bits per heavy atom. The largest absolute Gasteiger partial charge is 0.491 e. The number of rotatable bonds is 5. The first kappa shape index (κ1) is 16.4. The average molecular weight is 375 g/mol. The maximum Gasteiger partial charge on any atom is 0.258 e. The number of imidazole rings is 1. The lowest BCUT2D eigenvalue weighted by Gasteiger charge is -2.05. The summed E-state index contributed by atoms with van der Waals surface area (Å²) >= 11 is 0. The van der Waals surface area contributed by atoms with Gasteiger partial charge in [0.2, 0.25) is 5.82 Å². The molecular formula is C20H14FN5O2. The number of hydrogen-bond acceptors (Lipinski definition) is 6. The van der Waals surface area contributed by atoms with Gasteiger partial charge in [-0.3, -0.25) is 0 Å². The Kier molecular flexibility index (Phi) is 3.93. The number of aromatic nitrogens is 5. The molecule has 0 saturated carbocycles. The van der Waals surface area contributed by atoms with E-state index >= 15 is 0 Å². The van der Waals surface area contributed by atoms with Gasteiger partial charge in [-0.05, 0) is 36.4 Å². The Morgan fingerprint density at radius 1 is 1.04 bits per heavy atom. The summed E-state index contributed by atoms with van der Waals surface area (Å²) in [6.07, 6.45) is 5.48. The van der Waals surface area contributed by atoms with E-state index in [-0.39, 0.29) is 6.61 Å². The molecule has 0 radical (unpaired) electrons. The number of halogens is 1. The maximum atomic E-state index is 12.3. The van der Waals surface area contributed by atoms with E-state index in [1.54, 1.807) is 12.3 Å². The molecule has 0 aliphatic rings. The number of alkyl halides is 1. The molecule has 0 aliphatic heterocycles. The van der Waals surface area contributed by atoms with Crippen molar-refractivity contribution in [3.05, 3.63) is 61.1 Å². The van der Waals surface area contributed by atoms with Crippen LogP contribution in [0.15, 0.2) is 65.6 Å². The molecule has 138 valence electrons. The quantitative estimate of drug-likeness (QED) is 0.463. The highest BCUT2D eigenvalue weighted by Gasteiger charge is 2.13. The molecule has 0 atom stereocenters. The number of benzene rings is 1. The third kappa shape index (κ3) is 2.94. The van der Waals surface area contributed by atoms with Crippen LogP contribution in [0.25, 0.3) is 39.5 Å². The minimum Gasteiger partial charge on any atom is -0.491 e. The van der Waals surface area contributed by atoms with Crippen LogP contribution in [0.3, 0.4) is 0 Å². The molecule has 0 aliphatic carbocycles. The predicted molar refractivity (Wildman–Crippen MR) is 101 cm³/mol. The number of ether oxygens (including phenoxy) is 1. The average Bonchev–Trinajstić information content (AvgIpc) is 3.40. The van der Waals surface area contributed by atoms with Gasteiger partial charge in [-0.25, -0.2) is 14.4 Å². The van der Waals surface area contributed by atoms with Crippen LogP contribution < -0.4 is 4.74 Å². The van der Waals surface area contributed by atoms with Crippen molar-refractivity contribution in [3.8, 4) is 28.7 Å². The summed E-state index contributed by atoms with van der Waals surface area (Å²) in [5, 5.41) is 4.94. The van der Waals surface area contributed by atoms with Crippen molar-refractivity contribution in [1.82, 2.24) is 24.5 Å². The molecule has 5 aromatic rings. The molecule has 0 bridgehead atoms. The molecule has 7 nitrogen and oxygen atoms in total. The maximum absolute atomic E-state index is 12.3. The van der Waals surface area contributed by atoms with E-state index in [0.717, 1.165) is 22.1 Å². The second-order valence-corrected chi connectivity index (χ2v) is 6.12. The SMILES string of the molecule is FCCOc1ccc2nc(-c3noc(-c4ccn5ccnc5c4)n3)ccc2c1. The molecule has 0 fully saturated rings. The first-order chi connectivity index (χ1) is 13.8. The van der Waals surface area contributed by atoms with Gasteiger partial charge >= 0.3 is 0 Å². The van der Waals surface area contributed by atoms with Crippen LogP contribution in [0.5, 0.6) is 5.75 Å². The Balaban J connectivity index is 1.46. The van der Waals surface area contributed by atoms with Crippen LogP contribution in [0.4, 0.5) is 4.39 Å². The lowest BCUT2D eigenvalue weighted by atomic mass is 10.2. The van der Waals surface area contributed by atoms with Crippen molar-refractivity contribution in [2.75, 3.05) is 13.3 Å². The van der Waals surface area contributed by atoms with Gasteiger partial charge in [-0.1, -0.05) is 11.2 Å². The van der Waals surface area contributed by atoms with Crippen LogP contribution in [-0.4, -0.2) is 37.8 Å². The molecule has 0 amide bonds. The van der Waals surface area contributed by atoms with E-state index in [9.17, 15) is 4.39 Å². The first-order valence-corrected chi connectivity index (χ1v) is 8.67. The highest BCUT2D eigenvalue weighted by molar-refractivity contribution is 5.82. The smallest absolute Gasteiger partial charge is 0.258 e. The number of pyridine rings is 2. The molecule has 0 spiro atoms. The van der Waals surface area contributed by atoms with Crippen LogP contribution >= 0.6 is 0 Å². The minimum atomic E-state index is -0.525. The Bertz CT molecular complexity index is 1280. The Labute approximate surface area is 158 Å². The normalized spacial score (nSPS) is 11.3. The second-order valence-electron chi connectivity index (χ2n) is 6.12. The van der Waals surface area contributed by atoms with E-state index in [4.69, 9.17) is 9.26 Å². The van der Waals surface area contributed by atoms with Gasteiger partial charge in [0.1, 0.15) is 30.4 Å². The van der Waals surface area contributed by atoms with Gasteiger partial charge in [-0.15, -0.1) is 0 Å². The van der Waals surface area contributed by atoms with Gasteiger partial charge in [0.25, 0.3) is 5.89 Å². The van der Waals surface area contributed by atoms with Crippen molar-refractivity contribution < 1.29 is 13.7 Å². The summed E-state index contributed by atoms with van der Waals surface area (Å²) in [6.45, 7) is -0.490. The standard InChI is InChI=1S/C20H14FN5O2/c21-6-10-27-15-2-4-16-13(11-15)1-3-17(23-16)19-24-20(28-25-19)14-5-8-26-9-7-22-18(26)12-14/h1-5,7-9,11-12H,6,10H2. The molecule has 5 rings (SSSR count). The molecule has 8 heteroatoms. The zero-order chi connectivity index (χ0) is 18.9. The molecule has 0 N–H and O–H groups in total. The molecule has 1 aromatic carbocycles. The predicted octanol–water partition coefficient (Wildman–Crippen LogP) is 3.95. The Morgan fingerprint density at radius 3 is 2.93 bits per heavy atom. The van der Waals surface area contributed by atoms with Crippen molar-refractivity contribution in [2.45, 2.75) is 0 Å². The van der Waals surface area contributed by atoms with Gasteiger partial charge in [-0.2, -0.15) is 4.98 Å². The summed E-state index contributed by atoms with van der Waals surface area (Å²) < 4.78 is 24.9. The number of fused-ring (bicyclic) bond motifs is 2. The highest BCUT2D eigenvalue weighted by Crippen LogP contribution is 2.25. The fourth-order valence-corrected chi connectivity index (χ4v) is 2.96. The van der Waals surface area contributed by atoms with Crippen molar-refractivity contribution in [1.29, 1.82) is 0 Å². The van der Waals surface area contributed by atoms with E-state index in [0.29, 0.717) is 23.2 Å². The monoisotopic (exact) mass is 375 g/mol. The molecule has 28 heavy (non-hydrogen) atoms. The highest BCUT2D eigenvalue weighted by atomic mass is 19.1. The molecular weight excluding hydrogens is 361 g/mol. The summed E-state index contributed by atoms with van der Waals surface area (Å²) in [5.41, 5.74) is 2.94.